The van der Waals surface area contributed by atoms with Crippen molar-refractivity contribution in [3.05, 3.63) is 35.2 Å². The van der Waals surface area contributed by atoms with Gasteiger partial charge >= 0.3 is 0 Å². The molecular weight excluding hydrogens is 304 g/mol. The number of rotatable bonds is 5. The maximum absolute atomic E-state index is 12.0. The van der Waals surface area contributed by atoms with E-state index >= 15 is 0 Å². The second kappa shape index (κ2) is 6.46. The first-order valence-corrected chi connectivity index (χ1v) is 7.58. The van der Waals surface area contributed by atoms with Crippen LogP contribution in [0.4, 0.5) is 0 Å². The zero-order valence-electron chi connectivity index (χ0n) is 12.2. The molecule has 1 fully saturated rings. The lowest BCUT2D eigenvalue weighted by molar-refractivity contribution is -0.127. The van der Waals surface area contributed by atoms with Gasteiger partial charge in [0.2, 0.25) is 17.6 Å². The highest BCUT2D eigenvalue weighted by Crippen LogP contribution is 2.19. The van der Waals surface area contributed by atoms with Crippen LogP contribution in [0.25, 0.3) is 11.4 Å². The van der Waals surface area contributed by atoms with Crippen LogP contribution in [0.15, 0.2) is 28.8 Å². The summed E-state index contributed by atoms with van der Waals surface area (Å²) in [5.74, 6) is 1.28. The molecule has 1 aromatic carbocycles. The number of hydrogen-bond acceptors (Lipinski definition) is 5. The average Bonchev–Trinajstić information content (AvgIpc) is 2.92. The van der Waals surface area contributed by atoms with Crippen LogP contribution in [-0.2, 0) is 11.3 Å². The Labute approximate surface area is 133 Å². The van der Waals surface area contributed by atoms with Crippen molar-refractivity contribution in [2.75, 3.05) is 13.1 Å². The average molecular weight is 321 g/mol. The summed E-state index contributed by atoms with van der Waals surface area (Å²) in [4.78, 5) is 16.3. The first-order chi connectivity index (χ1) is 10.6. The Hall–Kier alpha value is -1.92. The molecule has 22 heavy (non-hydrogen) atoms. The Morgan fingerprint density at radius 3 is 2.82 bits per heavy atom. The zero-order valence-corrected chi connectivity index (χ0v) is 12.9. The number of carbonyl (C=O) groups excluding carboxylic acids is 1. The van der Waals surface area contributed by atoms with Gasteiger partial charge in [0.15, 0.2) is 0 Å². The van der Waals surface area contributed by atoms with E-state index in [4.69, 9.17) is 16.1 Å². The van der Waals surface area contributed by atoms with Gasteiger partial charge in [-0.2, -0.15) is 4.98 Å². The molecule has 0 bridgehead atoms. The number of hydrogen-bond donors (Lipinski definition) is 2. The molecule has 0 spiro atoms. The third-order valence-corrected chi connectivity index (χ3v) is 4.17. The largest absolute Gasteiger partial charge is 0.347 e. The molecule has 2 aromatic rings. The van der Waals surface area contributed by atoms with E-state index < -0.39 is 0 Å². The molecule has 3 rings (SSSR count). The van der Waals surface area contributed by atoms with E-state index in [1.165, 1.54) is 0 Å². The molecule has 6 nitrogen and oxygen atoms in total. The van der Waals surface area contributed by atoms with Crippen molar-refractivity contribution in [1.29, 1.82) is 0 Å². The zero-order chi connectivity index (χ0) is 15.5. The van der Waals surface area contributed by atoms with E-state index in [2.05, 4.69) is 20.8 Å². The minimum atomic E-state index is -0.0140. The van der Waals surface area contributed by atoms with Crippen molar-refractivity contribution in [3.63, 3.8) is 0 Å². The number of nitrogens with zero attached hydrogens (tertiary/aromatic N) is 2. The maximum Gasteiger partial charge on any atom is 0.246 e. The highest BCUT2D eigenvalue weighted by molar-refractivity contribution is 6.30. The normalized spacial score (nSPS) is 16.1. The molecule has 7 heteroatoms. The Balaban J connectivity index is 1.57. The maximum atomic E-state index is 12.0. The lowest BCUT2D eigenvalue weighted by atomic mass is 9.88. The van der Waals surface area contributed by atoms with Gasteiger partial charge in [0.05, 0.1) is 6.54 Å². The van der Waals surface area contributed by atoms with Crippen LogP contribution in [0.2, 0.25) is 5.02 Å². The summed E-state index contributed by atoms with van der Waals surface area (Å²) in [6.07, 6.45) is 0. The minimum absolute atomic E-state index is 0.0118. The summed E-state index contributed by atoms with van der Waals surface area (Å²) in [5.41, 5.74) is 0.819. The Bertz CT molecular complexity index is 652. The van der Waals surface area contributed by atoms with Crippen molar-refractivity contribution in [2.45, 2.75) is 13.5 Å². The number of aromatic nitrogens is 2. The standard InChI is InChI=1S/C15H17ClN4O2/c1-9(11-6-17-7-11)15(21)18-8-13-19-14(20-22-13)10-2-4-12(16)5-3-10/h2-5,9,11,17H,6-8H2,1H3,(H,18,21). The van der Waals surface area contributed by atoms with Gasteiger partial charge in [-0.1, -0.05) is 23.7 Å². The summed E-state index contributed by atoms with van der Waals surface area (Å²) in [6.45, 7) is 3.98. The van der Waals surface area contributed by atoms with Crippen molar-refractivity contribution in [1.82, 2.24) is 20.8 Å². The number of amides is 1. The highest BCUT2D eigenvalue weighted by atomic mass is 35.5. The van der Waals surface area contributed by atoms with Gasteiger partial charge < -0.3 is 15.2 Å². The van der Waals surface area contributed by atoms with E-state index in [1.54, 1.807) is 12.1 Å². The van der Waals surface area contributed by atoms with E-state index in [-0.39, 0.29) is 18.4 Å². The smallest absolute Gasteiger partial charge is 0.246 e. The Kier molecular flexibility index (Phi) is 4.40. The lowest BCUT2D eigenvalue weighted by Gasteiger charge is -2.31. The van der Waals surface area contributed by atoms with Crippen molar-refractivity contribution >= 4 is 17.5 Å². The molecule has 1 aliphatic rings. The summed E-state index contributed by atoms with van der Waals surface area (Å²) >= 11 is 5.84. The molecule has 116 valence electrons. The topological polar surface area (TPSA) is 80.1 Å². The summed E-state index contributed by atoms with van der Waals surface area (Å²) in [6, 6.07) is 7.18. The van der Waals surface area contributed by atoms with Gasteiger partial charge in [0.25, 0.3) is 0 Å². The summed E-state index contributed by atoms with van der Waals surface area (Å²) in [7, 11) is 0. The van der Waals surface area contributed by atoms with Crippen LogP contribution in [-0.4, -0.2) is 29.1 Å². The van der Waals surface area contributed by atoms with Crippen molar-refractivity contribution < 1.29 is 9.32 Å². The predicted molar refractivity (Wildman–Crippen MR) is 82.1 cm³/mol. The second-order valence-electron chi connectivity index (χ2n) is 5.44. The minimum Gasteiger partial charge on any atom is -0.347 e. The van der Waals surface area contributed by atoms with Crippen LogP contribution in [0.3, 0.4) is 0 Å². The van der Waals surface area contributed by atoms with Gasteiger partial charge in [0, 0.05) is 16.5 Å². The summed E-state index contributed by atoms with van der Waals surface area (Å²) in [5, 5.41) is 10.6. The fourth-order valence-electron chi connectivity index (χ4n) is 2.25. The fraction of sp³-hybridized carbons (Fsp3) is 0.400. The molecule has 1 amide bonds. The van der Waals surface area contributed by atoms with E-state index in [0.717, 1.165) is 18.7 Å². The van der Waals surface area contributed by atoms with E-state index in [1.807, 2.05) is 19.1 Å². The predicted octanol–water partition coefficient (Wildman–Crippen LogP) is 1.86. The van der Waals surface area contributed by atoms with Gasteiger partial charge in [-0.25, -0.2) is 0 Å². The fourth-order valence-corrected chi connectivity index (χ4v) is 2.37. The molecule has 0 saturated carbocycles. The molecule has 1 saturated heterocycles. The van der Waals surface area contributed by atoms with Gasteiger partial charge in [-0.15, -0.1) is 0 Å². The van der Waals surface area contributed by atoms with Crippen LogP contribution in [0.1, 0.15) is 12.8 Å². The quantitative estimate of drug-likeness (QED) is 0.879. The van der Waals surface area contributed by atoms with Crippen LogP contribution >= 0.6 is 11.6 Å². The number of nitrogens with one attached hydrogen (secondary N) is 2. The molecule has 0 aliphatic carbocycles. The lowest BCUT2D eigenvalue weighted by Crippen LogP contribution is -2.49. The molecule has 2 N–H and O–H groups in total. The number of carbonyl (C=O) groups is 1. The van der Waals surface area contributed by atoms with Crippen molar-refractivity contribution in [3.8, 4) is 11.4 Å². The monoisotopic (exact) mass is 320 g/mol. The third kappa shape index (κ3) is 3.28. The molecule has 2 heterocycles. The van der Waals surface area contributed by atoms with Crippen LogP contribution < -0.4 is 10.6 Å². The van der Waals surface area contributed by atoms with E-state index in [9.17, 15) is 4.79 Å². The van der Waals surface area contributed by atoms with Crippen LogP contribution in [0, 0.1) is 11.8 Å². The third-order valence-electron chi connectivity index (χ3n) is 3.92. The van der Waals surface area contributed by atoms with Gasteiger partial charge in [0.1, 0.15) is 0 Å². The highest BCUT2D eigenvalue weighted by Gasteiger charge is 2.28. The van der Waals surface area contributed by atoms with Gasteiger partial charge in [-0.3, -0.25) is 4.79 Å². The second-order valence-corrected chi connectivity index (χ2v) is 5.88. The molecule has 1 atom stereocenters. The number of halogens is 1. The molecular formula is C15H17ClN4O2. The van der Waals surface area contributed by atoms with E-state index in [0.29, 0.717) is 22.7 Å². The first kappa shape index (κ1) is 15.0. The molecule has 1 aliphatic heterocycles. The molecule has 1 aromatic heterocycles. The van der Waals surface area contributed by atoms with Crippen LogP contribution in [0.5, 0.6) is 0 Å². The molecule has 1 unspecified atom stereocenters. The first-order valence-electron chi connectivity index (χ1n) is 7.20. The SMILES string of the molecule is CC(C(=O)NCc1nc(-c2ccc(Cl)cc2)no1)C1CNC1. The Morgan fingerprint density at radius 1 is 1.45 bits per heavy atom. The molecule has 0 radical (unpaired) electrons. The Morgan fingerprint density at radius 2 is 2.18 bits per heavy atom. The summed E-state index contributed by atoms with van der Waals surface area (Å²) < 4.78 is 5.16. The van der Waals surface area contributed by atoms with Crippen molar-refractivity contribution in [2.24, 2.45) is 11.8 Å². The number of benzene rings is 1. The van der Waals surface area contributed by atoms with Gasteiger partial charge in [-0.05, 0) is 43.3 Å².